The molecule has 0 fully saturated rings. The summed E-state index contributed by atoms with van der Waals surface area (Å²) in [7, 11) is 0. The van der Waals surface area contributed by atoms with E-state index in [9.17, 15) is 27.6 Å². The molecule has 0 radical (unpaired) electrons. The Bertz CT molecular complexity index is 895. The van der Waals surface area contributed by atoms with Crippen LogP contribution in [0.3, 0.4) is 0 Å². The molecule has 1 aliphatic rings. The molecule has 1 heterocycles. The van der Waals surface area contributed by atoms with E-state index in [2.05, 4.69) is 0 Å². The Hall–Kier alpha value is -3.02. The Balaban J connectivity index is 2.80. The second-order valence-electron chi connectivity index (χ2n) is 5.77. The number of hydrogen-bond donors (Lipinski definition) is 1. The van der Waals surface area contributed by atoms with Crippen LogP contribution < -0.4 is 5.73 Å². The third kappa shape index (κ3) is 3.60. The van der Waals surface area contributed by atoms with Crippen molar-refractivity contribution in [3.8, 4) is 6.07 Å². The summed E-state index contributed by atoms with van der Waals surface area (Å²) in [5, 5.41) is 9.40. The Labute approximate surface area is 152 Å². The summed E-state index contributed by atoms with van der Waals surface area (Å²) in [6.07, 6.45) is -4.96. The highest BCUT2D eigenvalue weighted by molar-refractivity contribution is 5.92. The van der Waals surface area contributed by atoms with E-state index in [4.69, 9.17) is 15.2 Å². The molecule has 5 nitrogen and oxygen atoms in total. The number of aryl methyl sites for hydroxylation is 1. The van der Waals surface area contributed by atoms with E-state index in [1.165, 1.54) is 13.8 Å². The summed E-state index contributed by atoms with van der Waals surface area (Å²) in [5.74, 6) is -4.49. The maximum absolute atomic E-state index is 14.9. The van der Waals surface area contributed by atoms with Crippen LogP contribution in [0.25, 0.3) is 0 Å². The molecule has 144 valence electrons. The van der Waals surface area contributed by atoms with Gasteiger partial charge in [0.05, 0.1) is 23.7 Å². The molecule has 0 bridgehead atoms. The first-order valence-corrected chi connectivity index (χ1v) is 7.86. The molecule has 2 rings (SSSR count). The van der Waals surface area contributed by atoms with Crippen molar-refractivity contribution in [1.29, 1.82) is 5.26 Å². The molecule has 0 aromatic heterocycles. The lowest BCUT2D eigenvalue weighted by atomic mass is 9.81. The molecule has 1 atom stereocenters. The standard InChI is InChI=1S/C18H16F4N2O3/c1-4-26-17(25)12-9(3)27-16(24)11(7-23)13(12)10-6-5-8(2)14(15(10)19)18(20,21)22/h5-6,13H,4,24H2,1-3H3. The van der Waals surface area contributed by atoms with Gasteiger partial charge in [0.1, 0.15) is 23.2 Å². The Kier molecular flexibility index (Phi) is 5.49. The number of allylic oxidation sites excluding steroid dienone is 2. The van der Waals surface area contributed by atoms with Crippen molar-refractivity contribution in [2.45, 2.75) is 32.9 Å². The van der Waals surface area contributed by atoms with Gasteiger partial charge in [0.15, 0.2) is 0 Å². The highest BCUT2D eigenvalue weighted by atomic mass is 19.4. The second-order valence-corrected chi connectivity index (χ2v) is 5.77. The average molecular weight is 384 g/mol. The molecule has 0 saturated carbocycles. The number of benzene rings is 1. The predicted octanol–water partition coefficient (Wildman–Crippen LogP) is 3.80. The number of carbonyl (C=O) groups excluding carboxylic acids is 1. The minimum Gasteiger partial charge on any atom is -0.463 e. The lowest BCUT2D eigenvalue weighted by Gasteiger charge is -2.28. The highest BCUT2D eigenvalue weighted by Crippen LogP contribution is 2.43. The first kappa shape index (κ1) is 20.3. The molecule has 1 aromatic rings. The number of ether oxygens (including phenoxy) is 2. The molecule has 2 N–H and O–H groups in total. The van der Waals surface area contributed by atoms with E-state index in [0.29, 0.717) is 0 Å². The van der Waals surface area contributed by atoms with Crippen molar-refractivity contribution < 1.29 is 31.8 Å². The monoisotopic (exact) mass is 384 g/mol. The summed E-state index contributed by atoms with van der Waals surface area (Å²) < 4.78 is 64.8. The number of nitrogens with two attached hydrogens (primary N) is 1. The van der Waals surface area contributed by atoms with Crippen LogP contribution in [0.1, 0.15) is 36.5 Å². The van der Waals surface area contributed by atoms with Crippen LogP contribution in [0.4, 0.5) is 17.6 Å². The lowest BCUT2D eigenvalue weighted by Crippen LogP contribution is -2.27. The fraction of sp³-hybridized carbons (Fsp3) is 0.333. The van der Waals surface area contributed by atoms with Crippen LogP contribution >= 0.6 is 0 Å². The average Bonchev–Trinajstić information content (AvgIpc) is 2.53. The molecule has 1 aliphatic heterocycles. The van der Waals surface area contributed by atoms with E-state index in [1.54, 1.807) is 6.07 Å². The number of rotatable bonds is 3. The van der Waals surface area contributed by atoms with E-state index < -0.39 is 40.9 Å². The first-order valence-electron chi connectivity index (χ1n) is 7.86. The van der Waals surface area contributed by atoms with Crippen molar-refractivity contribution in [2.75, 3.05) is 6.61 Å². The van der Waals surface area contributed by atoms with E-state index in [1.807, 2.05) is 0 Å². The zero-order chi connectivity index (χ0) is 20.5. The summed E-state index contributed by atoms with van der Waals surface area (Å²) in [5.41, 5.74) is 2.68. The Morgan fingerprint density at radius 1 is 1.37 bits per heavy atom. The number of nitrogens with zero attached hydrogens (tertiary/aromatic N) is 1. The maximum atomic E-state index is 14.9. The zero-order valence-corrected chi connectivity index (χ0v) is 14.7. The van der Waals surface area contributed by atoms with E-state index >= 15 is 0 Å². The van der Waals surface area contributed by atoms with E-state index in [-0.39, 0.29) is 29.1 Å². The molecular formula is C18H16F4N2O3. The van der Waals surface area contributed by atoms with Crippen LogP contribution in [0, 0.1) is 24.1 Å². The predicted molar refractivity (Wildman–Crippen MR) is 86.1 cm³/mol. The smallest absolute Gasteiger partial charge is 0.419 e. The summed E-state index contributed by atoms with van der Waals surface area (Å²) in [4.78, 5) is 12.3. The SMILES string of the molecule is CCOC(=O)C1=C(C)OC(N)=C(C#N)C1c1ccc(C)c(C(F)(F)F)c1F. The van der Waals surface area contributed by atoms with Crippen LogP contribution in [0.5, 0.6) is 0 Å². The Morgan fingerprint density at radius 2 is 2.00 bits per heavy atom. The van der Waals surface area contributed by atoms with Gasteiger partial charge in [0.25, 0.3) is 0 Å². The summed E-state index contributed by atoms with van der Waals surface area (Å²) in [6, 6.07) is 3.85. The van der Waals surface area contributed by atoms with Gasteiger partial charge >= 0.3 is 12.1 Å². The number of carbonyl (C=O) groups is 1. The van der Waals surface area contributed by atoms with E-state index in [0.717, 1.165) is 19.1 Å². The van der Waals surface area contributed by atoms with Gasteiger partial charge in [-0.25, -0.2) is 9.18 Å². The molecule has 0 spiro atoms. The lowest BCUT2D eigenvalue weighted by molar-refractivity contribution is -0.140. The number of hydrogen-bond acceptors (Lipinski definition) is 5. The van der Waals surface area contributed by atoms with Gasteiger partial charge in [0, 0.05) is 5.56 Å². The number of halogens is 4. The van der Waals surface area contributed by atoms with Gasteiger partial charge in [-0.1, -0.05) is 12.1 Å². The molecular weight excluding hydrogens is 368 g/mol. The van der Waals surface area contributed by atoms with Crippen molar-refractivity contribution in [2.24, 2.45) is 5.73 Å². The van der Waals surface area contributed by atoms with Crippen molar-refractivity contribution in [3.63, 3.8) is 0 Å². The van der Waals surface area contributed by atoms with Crippen LogP contribution in [0.2, 0.25) is 0 Å². The van der Waals surface area contributed by atoms with Crippen LogP contribution in [-0.4, -0.2) is 12.6 Å². The van der Waals surface area contributed by atoms with Gasteiger partial charge in [-0.15, -0.1) is 0 Å². The summed E-state index contributed by atoms with van der Waals surface area (Å²) in [6.45, 7) is 3.93. The minimum atomic E-state index is -4.96. The largest absolute Gasteiger partial charge is 0.463 e. The normalized spacial score (nSPS) is 17.5. The number of esters is 1. The highest BCUT2D eigenvalue weighted by Gasteiger charge is 2.42. The van der Waals surface area contributed by atoms with Crippen molar-refractivity contribution in [3.05, 3.63) is 57.4 Å². The van der Waals surface area contributed by atoms with Crippen LogP contribution in [-0.2, 0) is 20.4 Å². The first-order chi connectivity index (χ1) is 12.5. The molecule has 1 unspecified atom stereocenters. The molecule has 9 heteroatoms. The quantitative estimate of drug-likeness (QED) is 0.633. The number of nitriles is 1. The van der Waals surface area contributed by atoms with Crippen molar-refractivity contribution in [1.82, 2.24) is 0 Å². The van der Waals surface area contributed by atoms with Crippen LogP contribution in [0.15, 0.2) is 34.9 Å². The number of alkyl halides is 3. The maximum Gasteiger partial charge on any atom is 0.419 e. The van der Waals surface area contributed by atoms with Gasteiger partial charge in [-0.05, 0) is 26.3 Å². The third-order valence-corrected chi connectivity index (χ3v) is 4.08. The molecule has 27 heavy (non-hydrogen) atoms. The van der Waals surface area contributed by atoms with Gasteiger partial charge in [0.2, 0.25) is 5.88 Å². The molecule has 0 amide bonds. The molecule has 0 aliphatic carbocycles. The van der Waals surface area contributed by atoms with Gasteiger partial charge in [-0.3, -0.25) is 0 Å². The zero-order valence-electron chi connectivity index (χ0n) is 14.7. The minimum absolute atomic E-state index is 0.0341. The third-order valence-electron chi connectivity index (χ3n) is 4.08. The Morgan fingerprint density at radius 3 is 2.52 bits per heavy atom. The van der Waals surface area contributed by atoms with Gasteiger partial charge in [-0.2, -0.15) is 18.4 Å². The molecule has 0 saturated heterocycles. The second kappa shape index (κ2) is 7.31. The molecule has 1 aromatic carbocycles. The summed E-state index contributed by atoms with van der Waals surface area (Å²) >= 11 is 0. The van der Waals surface area contributed by atoms with Crippen molar-refractivity contribution >= 4 is 5.97 Å². The fourth-order valence-corrected chi connectivity index (χ4v) is 2.93. The fourth-order valence-electron chi connectivity index (χ4n) is 2.93. The topological polar surface area (TPSA) is 85.3 Å². The van der Waals surface area contributed by atoms with Gasteiger partial charge < -0.3 is 15.2 Å².